The smallest absolute Gasteiger partial charge is 0.230 e. The van der Waals surface area contributed by atoms with Crippen molar-refractivity contribution in [3.63, 3.8) is 0 Å². The average Bonchev–Trinajstić information content (AvgIpc) is 3.77. The van der Waals surface area contributed by atoms with Crippen molar-refractivity contribution in [1.82, 2.24) is 0 Å². The van der Waals surface area contributed by atoms with Crippen LogP contribution in [0.25, 0.3) is 0 Å². The molecule has 0 saturated heterocycles. The normalized spacial score (nSPS) is 36.5. The Balaban J connectivity index is 0.000000244. The minimum absolute atomic E-state index is 0.0949. The molecule has 18 heteroatoms. The van der Waals surface area contributed by atoms with Gasteiger partial charge in [-0.1, -0.05) is 66.7 Å². The molecule has 310 valence electrons. The Morgan fingerprint density at radius 2 is 0.808 bits per heavy atom. The molecule has 6 aliphatic rings. The number of hydrogen-bond acceptors (Lipinski definition) is 0. The summed E-state index contributed by atoms with van der Waals surface area (Å²) in [5, 5.41) is 0. The van der Waals surface area contributed by atoms with Crippen molar-refractivity contribution in [3.8, 4) is 0 Å². The van der Waals surface area contributed by atoms with Crippen LogP contribution in [0.5, 0.6) is 0 Å². The highest BCUT2D eigenvalue weighted by Crippen LogP contribution is 2.71. The minimum atomic E-state index is -6.19. The third kappa shape index (κ3) is 7.25. The molecule has 6 rings (SSSR count). The molecule has 0 aromatic rings. The maximum atomic E-state index is 13.2. The summed E-state index contributed by atoms with van der Waals surface area (Å²) in [6.45, 7) is 6.04. The van der Waals surface area contributed by atoms with E-state index in [1.807, 2.05) is 6.92 Å². The number of halogens is 18. The largest absolute Gasteiger partial charge is 0.394 e. The van der Waals surface area contributed by atoms with Crippen molar-refractivity contribution < 1.29 is 79.0 Å². The molecule has 0 aliphatic heterocycles. The summed E-state index contributed by atoms with van der Waals surface area (Å²) in [5.41, 5.74) is -9.07. The molecule has 0 nitrogen and oxygen atoms in total. The zero-order valence-electron chi connectivity index (χ0n) is 29.8. The Hall–Kier alpha value is -1.26. The van der Waals surface area contributed by atoms with Gasteiger partial charge in [0.05, 0.1) is 22.2 Å². The molecule has 3 unspecified atom stereocenters. The number of hydrogen-bond donors (Lipinski definition) is 0. The Morgan fingerprint density at radius 1 is 0.481 bits per heavy atom. The van der Waals surface area contributed by atoms with Crippen LogP contribution in [0.15, 0.2) is 0 Å². The van der Waals surface area contributed by atoms with Gasteiger partial charge in [-0.2, -0.15) is 65.9 Å². The molecule has 52 heavy (non-hydrogen) atoms. The summed E-state index contributed by atoms with van der Waals surface area (Å²) in [6.07, 6.45) is -4.58. The predicted octanol–water partition coefficient (Wildman–Crippen LogP) is 14.6. The Bertz CT molecular complexity index is 1110. The lowest BCUT2D eigenvalue weighted by atomic mass is 9.53. The molecule has 0 aromatic carbocycles. The molecule has 0 spiro atoms. The number of alkyl halides is 18. The maximum Gasteiger partial charge on any atom is 0.394 e. The van der Waals surface area contributed by atoms with E-state index >= 15 is 0 Å². The average molecular weight is 799 g/mol. The van der Waals surface area contributed by atoms with E-state index in [0.29, 0.717) is 31.6 Å². The maximum absolute atomic E-state index is 13.2. The lowest BCUT2D eigenvalue weighted by molar-refractivity contribution is -0.431. The summed E-state index contributed by atoms with van der Waals surface area (Å²) in [5.74, 6) is -26.8. The molecule has 2 bridgehead atoms. The van der Waals surface area contributed by atoms with E-state index in [0.717, 1.165) is 44.9 Å². The van der Waals surface area contributed by atoms with Crippen LogP contribution >= 0.6 is 0 Å². The van der Waals surface area contributed by atoms with Gasteiger partial charge in [0.15, 0.2) is 0 Å². The number of rotatable bonds is 2. The van der Waals surface area contributed by atoms with Crippen LogP contribution in [-0.4, -0.2) is 47.9 Å². The highest BCUT2D eigenvalue weighted by atomic mass is 19.4. The molecule has 0 N–H and O–H groups in total. The van der Waals surface area contributed by atoms with E-state index < -0.39 is 77.0 Å². The number of fused-ring (bicyclic) bond motifs is 1. The fourth-order valence-corrected chi connectivity index (χ4v) is 9.01. The van der Waals surface area contributed by atoms with Crippen LogP contribution in [0.3, 0.4) is 0 Å². The minimum Gasteiger partial charge on any atom is -0.230 e. The zero-order chi connectivity index (χ0) is 41.0. The highest BCUT2D eigenvalue weighted by molar-refractivity contribution is 5.20. The van der Waals surface area contributed by atoms with E-state index in [1.54, 1.807) is 13.8 Å². The first-order valence-corrected chi connectivity index (χ1v) is 17.5. The van der Waals surface area contributed by atoms with Gasteiger partial charge in [-0.3, -0.25) is 0 Å². The molecular weight excluding hydrogens is 750 g/mol. The molecule has 0 amide bonds. The van der Waals surface area contributed by atoms with Crippen molar-refractivity contribution in [2.45, 2.75) is 173 Å². The summed E-state index contributed by atoms with van der Waals surface area (Å²) in [4.78, 5) is 0. The lowest BCUT2D eigenvalue weighted by Gasteiger charge is -2.53. The van der Waals surface area contributed by atoms with Crippen LogP contribution in [0.2, 0.25) is 0 Å². The third-order valence-corrected chi connectivity index (χ3v) is 13.3. The van der Waals surface area contributed by atoms with Gasteiger partial charge in [-0.15, -0.1) is 0 Å². The molecule has 6 aliphatic carbocycles. The second-order valence-corrected chi connectivity index (χ2v) is 15.6. The Kier molecular flexibility index (Phi) is 13.2. The first-order chi connectivity index (χ1) is 23.1. The van der Waals surface area contributed by atoms with Crippen LogP contribution < -0.4 is 0 Å². The Morgan fingerprint density at radius 3 is 1.04 bits per heavy atom. The van der Waals surface area contributed by atoms with Crippen LogP contribution in [0.1, 0.15) is 125 Å². The quantitative estimate of drug-likeness (QED) is 0.244. The zero-order valence-corrected chi connectivity index (χ0v) is 29.8. The molecule has 6 saturated carbocycles. The Labute approximate surface area is 292 Å². The van der Waals surface area contributed by atoms with Crippen molar-refractivity contribution in [2.24, 2.45) is 39.9 Å². The van der Waals surface area contributed by atoms with Crippen molar-refractivity contribution in [2.75, 3.05) is 0 Å². The van der Waals surface area contributed by atoms with E-state index in [9.17, 15) is 79.0 Å². The molecule has 0 aromatic heterocycles. The van der Waals surface area contributed by atoms with Gasteiger partial charge in [0.1, 0.15) is 0 Å². The highest BCUT2D eigenvalue weighted by Gasteiger charge is 2.91. The molecule has 0 heterocycles. The third-order valence-electron chi connectivity index (χ3n) is 13.3. The first kappa shape index (κ1) is 46.9. The lowest BCUT2D eigenvalue weighted by Crippen LogP contribution is -2.77. The predicted molar refractivity (Wildman–Crippen MR) is 157 cm³/mol. The second kappa shape index (κ2) is 14.7. The van der Waals surface area contributed by atoms with Gasteiger partial charge in [0, 0.05) is 0 Å². The van der Waals surface area contributed by atoms with Crippen molar-refractivity contribution in [1.29, 1.82) is 0 Å². The van der Waals surface area contributed by atoms with Gasteiger partial charge in [0.2, 0.25) is 5.67 Å². The summed E-state index contributed by atoms with van der Waals surface area (Å²) in [6, 6.07) is 0. The monoisotopic (exact) mass is 798 g/mol. The molecule has 6 fully saturated rings. The second-order valence-electron chi connectivity index (χ2n) is 15.6. The van der Waals surface area contributed by atoms with Crippen LogP contribution in [-0.2, 0) is 0 Å². The van der Waals surface area contributed by atoms with Gasteiger partial charge in [0.25, 0.3) is 5.92 Å². The molecule has 0 radical (unpaired) electrons. The summed E-state index contributed by atoms with van der Waals surface area (Å²) < 4.78 is 229. The van der Waals surface area contributed by atoms with E-state index in [2.05, 4.69) is 0 Å². The molecular formula is C34H48F18. The van der Waals surface area contributed by atoms with Gasteiger partial charge in [-0.25, -0.2) is 13.2 Å². The molecule has 6 atom stereocenters. The van der Waals surface area contributed by atoms with Gasteiger partial charge < -0.3 is 0 Å². The van der Waals surface area contributed by atoms with Crippen LogP contribution in [0.4, 0.5) is 79.0 Å². The standard InChI is InChI=1S/C9H13F3.C9H15F3.C8H7F9.C8H13F3/c1-5-6-3-4-7(5)8(6,2)9(10,11)12;1-2-8(9(10,11)12)6-4-3-5-7-8;1-3-5(10,11)4(2,9)7(14,15)8(16,17)6(3,12)13;1-2-7(8(9,10)11)5-3-4-6-7/h5-7H,3-4H2,1-2H3;2-7H2,1H3;3H,1-2H3;2-6H2,1H3/t5?,6-,7+,8?;;3-,4?;/m..0./s1. The van der Waals surface area contributed by atoms with E-state index in [4.69, 9.17) is 0 Å². The fraction of sp³-hybridized carbons (Fsp3) is 1.00. The summed E-state index contributed by atoms with van der Waals surface area (Å²) in [7, 11) is 0. The SMILES string of the molecule is CC1[C@H]2CC[C@@H]1C2(C)C(F)(F)F.CCC1(C(F)(F)F)CCCC1.CCC1(C(F)(F)F)CCCCC1.C[C@H]1C(F)(F)C(C)(F)C(F)(F)C(F)(F)C1(F)F. The van der Waals surface area contributed by atoms with E-state index in [-0.39, 0.29) is 31.6 Å². The fourth-order valence-electron chi connectivity index (χ4n) is 9.01. The summed E-state index contributed by atoms with van der Waals surface area (Å²) >= 11 is 0. The topological polar surface area (TPSA) is 0 Å². The van der Waals surface area contributed by atoms with Gasteiger partial charge in [-0.05, 0) is 76.0 Å². The van der Waals surface area contributed by atoms with Crippen molar-refractivity contribution in [3.05, 3.63) is 0 Å². The van der Waals surface area contributed by atoms with Gasteiger partial charge >= 0.3 is 36.3 Å². The van der Waals surface area contributed by atoms with E-state index in [1.165, 1.54) is 6.92 Å². The first-order valence-electron chi connectivity index (χ1n) is 17.5. The van der Waals surface area contributed by atoms with Crippen molar-refractivity contribution >= 4 is 0 Å². The van der Waals surface area contributed by atoms with Crippen LogP contribution in [0, 0.1) is 39.9 Å².